The van der Waals surface area contributed by atoms with Gasteiger partial charge < -0.3 is 4.57 Å². The number of benzene rings is 3. The first kappa shape index (κ1) is 24.0. The first-order valence-electron chi connectivity index (χ1n) is 12.3. The van der Waals surface area contributed by atoms with Crippen LogP contribution in [0.3, 0.4) is 0 Å². The Morgan fingerprint density at radius 3 is 2.00 bits per heavy atom. The molecule has 37 heavy (non-hydrogen) atoms. The molecule has 0 radical (unpaired) electrons. The molecule has 0 unspecified atom stereocenters. The summed E-state index contributed by atoms with van der Waals surface area (Å²) in [6.07, 6.45) is 2.60. The van der Waals surface area contributed by atoms with Crippen molar-refractivity contribution in [2.45, 2.75) is 32.7 Å². The fourth-order valence-corrected chi connectivity index (χ4v) is 4.74. The van der Waals surface area contributed by atoms with Gasteiger partial charge in [-0.25, -0.2) is 4.90 Å². The third kappa shape index (κ3) is 4.36. The summed E-state index contributed by atoms with van der Waals surface area (Å²) >= 11 is 0. The molecular formula is C31H25N3O3. The van der Waals surface area contributed by atoms with E-state index in [1.165, 1.54) is 0 Å². The Morgan fingerprint density at radius 2 is 1.38 bits per heavy atom. The molecule has 6 heteroatoms. The third-order valence-electron chi connectivity index (χ3n) is 6.72. The van der Waals surface area contributed by atoms with E-state index < -0.39 is 11.8 Å². The molecule has 0 bridgehead atoms. The van der Waals surface area contributed by atoms with Gasteiger partial charge in [-0.3, -0.25) is 14.4 Å². The number of amides is 2. The van der Waals surface area contributed by atoms with Gasteiger partial charge in [-0.1, -0.05) is 67.9 Å². The minimum absolute atomic E-state index is 0.0611. The zero-order valence-corrected chi connectivity index (χ0v) is 20.5. The summed E-state index contributed by atoms with van der Waals surface area (Å²) in [6, 6.07) is 27.5. The van der Waals surface area contributed by atoms with Crippen LogP contribution in [0.15, 0.2) is 89.7 Å². The van der Waals surface area contributed by atoms with Gasteiger partial charge in [-0.05, 0) is 59.9 Å². The van der Waals surface area contributed by atoms with E-state index in [1.54, 1.807) is 41.0 Å². The average molecular weight is 488 g/mol. The Kier molecular flexibility index (Phi) is 6.53. The van der Waals surface area contributed by atoms with Crippen LogP contribution in [0.2, 0.25) is 0 Å². The van der Waals surface area contributed by atoms with E-state index in [-0.39, 0.29) is 11.2 Å². The van der Waals surface area contributed by atoms with Crippen LogP contribution in [0.1, 0.15) is 57.3 Å². The molecule has 1 aromatic heterocycles. The van der Waals surface area contributed by atoms with Crippen molar-refractivity contribution in [3.63, 3.8) is 0 Å². The molecule has 182 valence electrons. The minimum Gasteiger partial charge on any atom is -0.306 e. The van der Waals surface area contributed by atoms with Gasteiger partial charge in [0.05, 0.1) is 29.3 Å². The highest BCUT2D eigenvalue weighted by Gasteiger charge is 2.38. The molecule has 2 heterocycles. The van der Waals surface area contributed by atoms with Crippen molar-refractivity contribution in [1.82, 2.24) is 4.57 Å². The zero-order chi connectivity index (χ0) is 25.9. The quantitative estimate of drug-likeness (QED) is 0.319. The van der Waals surface area contributed by atoms with Crippen molar-refractivity contribution in [2.24, 2.45) is 0 Å². The monoisotopic (exact) mass is 487 g/mol. The Morgan fingerprint density at radius 1 is 0.757 bits per heavy atom. The Labute approximate surface area is 215 Å². The Balaban J connectivity index is 1.52. The van der Waals surface area contributed by atoms with Gasteiger partial charge >= 0.3 is 0 Å². The molecule has 4 aromatic rings. The highest BCUT2D eigenvalue weighted by Crippen LogP contribution is 2.27. The Hall–Kier alpha value is -4.76. The summed E-state index contributed by atoms with van der Waals surface area (Å²) < 4.78 is 1.66. The topological polar surface area (TPSA) is 83.2 Å². The molecule has 0 spiro atoms. The summed E-state index contributed by atoms with van der Waals surface area (Å²) in [5.74, 6) is -0.961. The van der Waals surface area contributed by atoms with E-state index in [1.807, 2.05) is 48.5 Å². The molecule has 2 amide bonds. The van der Waals surface area contributed by atoms with Gasteiger partial charge in [0, 0.05) is 5.69 Å². The van der Waals surface area contributed by atoms with Crippen LogP contribution in [-0.4, -0.2) is 16.4 Å². The number of aryl methyl sites for hydroxylation is 1. The smallest absolute Gasteiger partial charge is 0.275 e. The molecule has 5 rings (SSSR count). The molecule has 3 aromatic carbocycles. The van der Waals surface area contributed by atoms with Crippen LogP contribution in [0.4, 0.5) is 5.69 Å². The van der Waals surface area contributed by atoms with Crippen LogP contribution < -0.4 is 10.5 Å². The summed E-state index contributed by atoms with van der Waals surface area (Å²) in [5.41, 5.74) is 4.42. The lowest BCUT2D eigenvalue weighted by atomic mass is 9.99. The van der Waals surface area contributed by atoms with Crippen LogP contribution in [-0.2, 0) is 13.0 Å². The number of aromatic nitrogens is 1. The van der Waals surface area contributed by atoms with Gasteiger partial charge in [-0.15, -0.1) is 0 Å². The first-order valence-corrected chi connectivity index (χ1v) is 12.3. The van der Waals surface area contributed by atoms with E-state index in [4.69, 9.17) is 0 Å². The van der Waals surface area contributed by atoms with Crippen molar-refractivity contribution in [3.8, 4) is 17.2 Å². The fourth-order valence-electron chi connectivity index (χ4n) is 4.74. The summed E-state index contributed by atoms with van der Waals surface area (Å²) in [4.78, 5) is 40.8. The number of rotatable bonds is 7. The standard InChI is InChI=1S/C31H25N3O3/c1-2-3-9-24-17-18-28(34-29(35)26-11-6-7-12-27(26)30(34)36)31(37)33(24)20-21-13-15-22(16-14-21)25-10-5-4-8-23(25)19-32/h4-8,10-18H,2-3,9,20H2,1H3. The van der Waals surface area contributed by atoms with Crippen molar-refractivity contribution >= 4 is 17.5 Å². The van der Waals surface area contributed by atoms with Gasteiger partial charge in [0.15, 0.2) is 0 Å². The lowest BCUT2D eigenvalue weighted by molar-refractivity contribution is 0.0925. The predicted molar refractivity (Wildman–Crippen MR) is 143 cm³/mol. The minimum atomic E-state index is -0.480. The highest BCUT2D eigenvalue weighted by atomic mass is 16.2. The molecule has 0 atom stereocenters. The number of unbranched alkanes of at least 4 members (excludes halogenated alkanes) is 1. The molecule has 1 aliphatic heterocycles. The molecule has 0 saturated heterocycles. The number of pyridine rings is 1. The van der Waals surface area contributed by atoms with E-state index in [0.29, 0.717) is 29.7 Å². The van der Waals surface area contributed by atoms with Crippen LogP contribution >= 0.6 is 0 Å². The van der Waals surface area contributed by atoms with Gasteiger partial charge in [-0.2, -0.15) is 5.26 Å². The predicted octanol–water partition coefficient (Wildman–Crippen LogP) is 5.58. The normalized spacial score (nSPS) is 12.5. The second kappa shape index (κ2) is 10.1. The molecule has 0 N–H and O–H groups in total. The highest BCUT2D eigenvalue weighted by molar-refractivity contribution is 6.34. The number of hydrogen-bond donors (Lipinski definition) is 0. The molecule has 0 saturated carbocycles. The first-order chi connectivity index (χ1) is 18.0. The van der Waals surface area contributed by atoms with E-state index in [0.717, 1.165) is 40.1 Å². The maximum atomic E-state index is 13.7. The average Bonchev–Trinajstić information content (AvgIpc) is 3.19. The van der Waals surface area contributed by atoms with Crippen molar-refractivity contribution in [2.75, 3.05) is 4.90 Å². The van der Waals surface area contributed by atoms with Crippen molar-refractivity contribution < 1.29 is 9.59 Å². The number of carbonyl (C=O) groups excluding carboxylic acids is 2. The number of nitriles is 1. The van der Waals surface area contributed by atoms with Crippen molar-refractivity contribution in [1.29, 1.82) is 5.26 Å². The van der Waals surface area contributed by atoms with E-state index >= 15 is 0 Å². The second-order valence-corrected chi connectivity index (χ2v) is 9.05. The fraction of sp³-hybridized carbons (Fsp3) is 0.161. The third-order valence-corrected chi connectivity index (χ3v) is 6.72. The van der Waals surface area contributed by atoms with Gasteiger partial charge in [0.25, 0.3) is 17.4 Å². The molecule has 0 fully saturated rings. The molecule has 0 aliphatic carbocycles. The second-order valence-electron chi connectivity index (χ2n) is 9.05. The zero-order valence-electron chi connectivity index (χ0n) is 20.5. The summed E-state index contributed by atoms with van der Waals surface area (Å²) in [5, 5.41) is 9.43. The maximum Gasteiger partial charge on any atom is 0.275 e. The van der Waals surface area contributed by atoms with Crippen LogP contribution in [0, 0.1) is 11.3 Å². The van der Waals surface area contributed by atoms with E-state index in [2.05, 4.69) is 13.0 Å². The van der Waals surface area contributed by atoms with Gasteiger partial charge in [0.1, 0.15) is 5.69 Å². The van der Waals surface area contributed by atoms with Crippen molar-refractivity contribution in [3.05, 3.63) is 123 Å². The molecule has 1 aliphatic rings. The largest absolute Gasteiger partial charge is 0.306 e. The van der Waals surface area contributed by atoms with Crippen LogP contribution in [0.25, 0.3) is 11.1 Å². The summed E-state index contributed by atoms with van der Waals surface area (Å²) in [7, 11) is 0. The van der Waals surface area contributed by atoms with Gasteiger partial charge in [0.2, 0.25) is 0 Å². The number of carbonyl (C=O) groups is 2. The maximum absolute atomic E-state index is 13.7. The SMILES string of the molecule is CCCCc1ccc(N2C(=O)c3ccccc3C2=O)c(=O)n1Cc1ccc(-c2ccccc2C#N)cc1. The number of hydrogen-bond acceptors (Lipinski definition) is 4. The summed E-state index contributed by atoms with van der Waals surface area (Å²) in [6.45, 7) is 2.39. The number of fused-ring (bicyclic) bond motifs is 1. The number of imide groups is 1. The molecular weight excluding hydrogens is 462 g/mol. The lowest BCUT2D eigenvalue weighted by Crippen LogP contribution is -2.37. The van der Waals surface area contributed by atoms with Crippen LogP contribution in [0.5, 0.6) is 0 Å². The lowest BCUT2D eigenvalue weighted by Gasteiger charge is -2.19. The Bertz CT molecular complexity index is 1580. The number of nitrogens with zero attached hydrogens (tertiary/aromatic N) is 3. The van der Waals surface area contributed by atoms with E-state index in [9.17, 15) is 19.6 Å². The number of anilines is 1. The molecule has 6 nitrogen and oxygen atoms in total.